The molecule has 0 amide bonds. The van der Waals surface area contributed by atoms with Gasteiger partial charge in [-0.3, -0.25) is 4.90 Å². The molecule has 8 nitrogen and oxygen atoms in total. The van der Waals surface area contributed by atoms with Crippen molar-refractivity contribution in [1.82, 2.24) is 24.6 Å². The van der Waals surface area contributed by atoms with Crippen LogP contribution >= 0.6 is 11.3 Å². The normalized spacial score (nSPS) is 30.0. The number of aromatic hydroxyl groups is 1. The number of rotatable bonds is 5. The Morgan fingerprint density at radius 2 is 2.03 bits per heavy atom. The van der Waals surface area contributed by atoms with E-state index < -0.39 is 0 Å². The van der Waals surface area contributed by atoms with Gasteiger partial charge in [-0.25, -0.2) is 4.98 Å². The first-order chi connectivity index (χ1) is 15.2. The molecule has 0 saturated carbocycles. The van der Waals surface area contributed by atoms with Gasteiger partial charge in [0, 0.05) is 49.7 Å². The Labute approximate surface area is 192 Å². The van der Waals surface area contributed by atoms with E-state index in [1.54, 1.807) is 18.6 Å². The Morgan fingerprint density at radius 3 is 2.72 bits per heavy atom. The van der Waals surface area contributed by atoms with E-state index in [-0.39, 0.29) is 22.9 Å². The molecule has 2 aliphatic heterocycles. The average molecular weight is 455 g/mol. The maximum Gasteiger partial charge on any atom is 0.208 e. The summed E-state index contributed by atoms with van der Waals surface area (Å²) in [5.41, 5.74) is 1.63. The van der Waals surface area contributed by atoms with Crippen LogP contribution in [0, 0.1) is 0 Å². The highest BCUT2D eigenvalue weighted by Crippen LogP contribution is 2.52. The number of benzene rings is 1. The summed E-state index contributed by atoms with van der Waals surface area (Å²) in [6.07, 6.45) is 8.59. The molecule has 2 aliphatic rings. The van der Waals surface area contributed by atoms with E-state index in [0.29, 0.717) is 16.6 Å². The maximum absolute atomic E-state index is 10.6. The highest BCUT2D eigenvalue weighted by atomic mass is 32.1. The first-order valence-corrected chi connectivity index (χ1v) is 11.7. The van der Waals surface area contributed by atoms with Crippen molar-refractivity contribution in [2.45, 2.75) is 56.3 Å². The molecule has 1 aromatic carbocycles. The number of nitrogens with zero attached hydrogens (tertiary/aromatic N) is 6. The standard InChI is InChI=1S/C23H30N6O2S/c1-22-11-16(12-23(2,28(22)4)19(13-22)31-5)27(3)21-26-25-20(32-21)17-7-6-15(10-18(17)30)29-9-8-24-14-29/h6-10,14,16,19,30H,11-13H2,1-5H3/t16-,19+,22+,23-/m0/s1. The van der Waals surface area contributed by atoms with Gasteiger partial charge in [-0.05, 0) is 52.3 Å². The van der Waals surface area contributed by atoms with Crippen LogP contribution in [0.15, 0.2) is 36.9 Å². The number of anilines is 1. The number of ether oxygens (including phenoxy) is 1. The maximum atomic E-state index is 10.6. The number of piperidine rings is 1. The molecular formula is C23H30N6O2S. The van der Waals surface area contributed by atoms with Gasteiger partial charge in [-0.1, -0.05) is 11.3 Å². The molecule has 32 heavy (non-hydrogen) atoms. The van der Waals surface area contributed by atoms with Crippen LogP contribution in [0.3, 0.4) is 0 Å². The molecule has 3 aromatic rings. The number of phenolic OH excluding ortho intramolecular Hbond substituents is 1. The summed E-state index contributed by atoms with van der Waals surface area (Å²) in [6, 6.07) is 5.90. The lowest BCUT2D eigenvalue weighted by atomic mass is 9.82. The fraction of sp³-hybridized carbons (Fsp3) is 0.522. The Hall–Kier alpha value is -2.49. The molecule has 2 aromatic heterocycles. The number of aromatic nitrogens is 4. The van der Waals surface area contributed by atoms with Crippen molar-refractivity contribution in [1.29, 1.82) is 0 Å². The summed E-state index contributed by atoms with van der Waals surface area (Å²) < 4.78 is 7.74. The van der Waals surface area contributed by atoms with Gasteiger partial charge in [-0.2, -0.15) is 0 Å². The Morgan fingerprint density at radius 1 is 1.22 bits per heavy atom. The zero-order valence-corrected chi connectivity index (χ0v) is 20.0. The lowest BCUT2D eigenvalue weighted by molar-refractivity contribution is -0.0244. The van der Waals surface area contributed by atoms with Crippen LogP contribution in [0.25, 0.3) is 16.3 Å². The molecule has 2 fully saturated rings. The SMILES string of the molecule is CO[C@@H]1C[C@@]2(C)C[C@H](N(C)c3nnc(-c4ccc(-n5ccnc5)cc4O)s3)C[C@]1(C)N2C. The summed E-state index contributed by atoms with van der Waals surface area (Å²) in [5.74, 6) is 0.182. The summed E-state index contributed by atoms with van der Waals surface area (Å²) in [5, 5.41) is 21.1. The number of hydrogen-bond donors (Lipinski definition) is 1. The van der Waals surface area contributed by atoms with E-state index in [2.05, 4.69) is 52.9 Å². The average Bonchev–Trinajstić information content (AvgIpc) is 3.49. The predicted octanol–water partition coefficient (Wildman–Crippen LogP) is 3.56. The molecule has 2 saturated heterocycles. The largest absolute Gasteiger partial charge is 0.507 e. The monoisotopic (exact) mass is 454 g/mol. The van der Waals surface area contributed by atoms with E-state index in [4.69, 9.17) is 4.74 Å². The molecule has 4 atom stereocenters. The third-order valence-electron chi connectivity index (χ3n) is 7.78. The molecule has 170 valence electrons. The van der Waals surface area contributed by atoms with E-state index >= 15 is 0 Å². The Bertz CT molecular complexity index is 1120. The highest BCUT2D eigenvalue weighted by molar-refractivity contribution is 7.18. The van der Waals surface area contributed by atoms with Gasteiger partial charge in [0.15, 0.2) is 5.01 Å². The number of methoxy groups -OCH3 is 1. The van der Waals surface area contributed by atoms with Gasteiger partial charge < -0.3 is 19.3 Å². The minimum Gasteiger partial charge on any atom is -0.507 e. The Kier molecular flexibility index (Phi) is 5.03. The van der Waals surface area contributed by atoms with Crippen molar-refractivity contribution in [3.05, 3.63) is 36.9 Å². The Balaban J connectivity index is 1.38. The lowest BCUT2D eigenvalue weighted by Crippen LogP contribution is -2.60. The quantitative estimate of drug-likeness (QED) is 0.631. The van der Waals surface area contributed by atoms with Gasteiger partial charge in [0.2, 0.25) is 5.13 Å². The summed E-state index contributed by atoms with van der Waals surface area (Å²) >= 11 is 1.51. The van der Waals surface area contributed by atoms with Crippen LogP contribution in [0.5, 0.6) is 5.75 Å². The summed E-state index contributed by atoms with van der Waals surface area (Å²) in [7, 11) is 6.17. The number of imidazole rings is 1. The topological polar surface area (TPSA) is 79.5 Å². The highest BCUT2D eigenvalue weighted by Gasteiger charge is 2.59. The van der Waals surface area contributed by atoms with Crippen LogP contribution in [0.4, 0.5) is 5.13 Å². The fourth-order valence-electron chi connectivity index (χ4n) is 5.64. The van der Waals surface area contributed by atoms with Crippen molar-refractivity contribution in [2.24, 2.45) is 0 Å². The number of likely N-dealkylation sites (N-methyl/N-ethyl adjacent to an activating group) is 1. The minimum absolute atomic E-state index is 0.00435. The molecule has 2 bridgehead atoms. The number of fused-ring (bicyclic) bond motifs is 2. The van der Waals surface area contributed by atoms with Gasteiger partial charge in [0.25, 0.3) is 0 Å². The van der Waals surface area contributed by atoms with Crippen molar-refractivity contribution < 1.29 is 9.84 Å². The molecule has 0 unspecified atom stereocenters. The molecule has 1 N–H and O–H groups in total. The van der Waals surface area contributed by atoms with Crippen molar-refractivity contribution in [3.8, 4) is 22.0 Å². The zero-order chi connectivity index (χ0) is 22.7. The molecule has 4 heterocycles. The summed E-state index contributed by atoms with van der Waals surface area (Å²) in [6.45, 7) is 4.66. The molecule has 0 radical (unpaired) electrons. The van der Waals surface area contributed by atoms with Gasteiger partial charge in [0.1, 0.15) is 5.75 Å². The first kappa shape index (κ1) is 21.4. The first-order valence-electron chi connectivity index (χ1n) is 10.9. The van der Waals surface area contributed by atoms with E-state index in [9.17, 15) is 5.11 Å². The number of hydrogen-bond acceptors (Lipinski definition) is 8. The van der Waals surface area contributed by atoms with Crippen LogP contribution < -0.4 is 4.90 Å². The third kappa shape index (κ3) is 3.22. The van der Waals surface area contributed by atoms with Crippen molar-refractivity contribution >= 4 is 16.5 Å². The number of phenols is 1. The fourth-order valence-corrected chi connectivity index (χ4v) is 6.55. The van der Waals surface area contributed by atoms with Gasteiger partial charge >= 0.3 is 0 Å². The minimum atomic E-state index is -0.00435. The van der Waals surface area contributed by atoms with E-state index in [1.165, 1.54) is 11.3 Å². The molecular weight excluding hydrogens is 424 g/mol. The van der Waals surface area contributed by atoms with Crippen LogP contribution in [-0.4, -0.2) is 74.2 Å². The molecule has 9 heteroatoms. The van der Waals surface area contributed by atoms with Crippen LogP contribution in [0.1, 0.15) is 33.1 Å². The van der Waals surface area contributed by atoms with Crippen molar-refractivity contribution in [2.75, 3.05) is 26.1 Å². The third-order valence-corrected chi connectivity index (χ3v) is 8.83. The predicted molar refractivity (Wildman–Crippen MR) is 126 cm³/mol. The second-order valence-corrected chi connectivity index (χ2v) is 10.5. The van der Waals surface area contributed by atoms with Crippen LogP contribution in [-0.2, 0) is 4.74 Å². The molecule has 0 aliphatic carbocycles. The summed E-state index contributed by atoms with van der Waals surface area (Å²) in [4.78, 5) is 8.84. The second kappa shape index (κ2) is 7.54. The van der Waals surface area contributed by atoms with Gasteiger partial charge in [0.05, 0.1) is 23.7 Å². The smallest absolute Gasteiger partial charge is 0.208 e. The van der Waals surface area contributed by atoms with Crippen LogP contribution in [0.2, 0.25) is 0 Å². The van der Waals surface area contributed by atoms with E-state index in [0.717, 1.165) is 30.1 Å². The van der Waals surface area contributed by atoms with Crippen molar-refractivity contribution in [3.63, 3.8) is 0 Å². The zero-order valence-electron chi connectivity index (χ0n) is 19.2. The van der Waals surface area contributed by atoms with Gasteiger partial charge in [-0.15, -0.1) is 10.2 Å². The lowest BCUT2D eigenvalue weighted by Gasteiger charge is -2.51. The molecule has 5 rings (SSSR count). The molecule has 0 spiro atoms. The van der Waals surface area contributed by atoms with E-state index in [1.807, 2.05) is 30.0 Å². The second-order valence-electron chi connectivity index (χ2n) is 9.58.